The summed E-state index contributed by atoms with van der Waals surface area (Å²) in [5.41, 5.74) is 0. The molecule has 0 aromatic heterocycles. The quantitative estimate of drug-likeness (QED) is 0.737. The van der Waals surface area contributed by atoms with Crippen LogP contribution in [-0.4, -0.2) is 24.0 Å². The van der Waals surface area contributed by atoms with Gasteiger partial charge in [-0.25, -0.2) is 0 Å². The van der Waals surface area contributed by atoms with Crippen LogP contribution < -0.4 is 10.6 Å². The Hall–Kier alpha value is -0.570. The lowest BCUT2D eigenvalue weighted by atomic mass is 9.88. The minimum atomic E-state index is 0.227. The van der Waals surface area contributed by atoms with Crippen LogP contribution in [0.15, 0.2) is 0 Å². The average molecular weight is 210 g/mol. The zero-order valence-electron chi connectivity index (χ0n) is 9.92. The van der Waals surface area contributed by atoms with Crippen molar-refractivity contribution in [2.45, 2.75) is 58.2 Å². The molecule has 2 saturated heterocycles. The molecule has 2 N–H and O–H groups in total. The Bertz CT molecular complexity index is 252. The molecule has 0 spiro atoms. The Balaban J connectivity index is 1.86. The third-order valence-electron chi connectivity index (χ3n) is 4.01. The first-order valence-corrected chi connectivity index (χ1v) is 6.14. The summed E-state index contributed by atoms with van der Waals surface area (Å²) >= 11 is 0. The summed E-state index contributed by atoms with van der Waals surface area (Å²) in [6.07, 6.45) is 3.48. The molecular formula is C12H22N2O. The van der Waals surface area contributed by atoms with E-state index in [0.717, 1.165) is 6.42 Å². The van der Waals surface area contributed by atoms with Gasteiger partial charge in [-0.05, 0) is 32.1 Å². The van der Waals surface area contributed by atoms with Crippen LogP contribution in [-0.2, 0) is 4.79 Å². The van der Waals surface area contributed by atoms with E-state index in [2.05, 4.69) is 31.4 Å². The molecule has 3 nitrogen and oxygen atoms in total. The zero-order valence-corrected chi connectivity index (χ0v) is 9.92. The number of hydrogen-bond donors (Lipinski definition) is 2. The number of rotatable bonds is 3. The maximum Gasteiger partial charge on any atom is 0.224 e. The van der Waals surface area contributed by atoms with Gasteiger partial charge in [0.05, 0.1) is 5.92 Å². The molecule has 3 heteroatoms. The number of carbonyl (C=O) groups is 1. The summed E-state index contributed by atoms with van der Waals surface area (Å²) in [7, 11) is 0. The molecule has 0 aliphatic carbocycles. The van der Waals surface area contributed by atoms with Crippen LogP contribution in [0.25, 0.3) is 0 Å². The maximum absolute atomic E-state index is 12.0. The number of nitrogens with one attached hydrogen (secondary N) is 2. The maximum atomic E-state index is 12.0. The molecule has 4 unspecified atom stereocenters. The van der Waals surface area contributed by atoms with Gasteiger partial charge in [-0.3, -0.25) is 4.79 Å². The lowest BCUT2D eigenvalue weighted by Crippen LogP contribution is -2.43. The Morgan fingerprint density at radius 1 is 1.33 bits per heavy atom. The van der Waals surface area contributed by atoms with Gasteiger partial charge in [-0.1, -0.05) is 13.8 Å². The molecule has 0 radical (unpaired) electrons. The Kier molecular flexibility index (Phi) is 3.01. The Morgan fingerprint density at radius 2 is 2.07 bits per heavy atom. The second-order valence-corrected chi connectivity index (χ2v) is 5.43. The van der Waals surface area contributed by atoms with Gasteiger partial charge in [0.2, 0.25) is 5.91 Å². The topological polar surface area (TPSA) is 41.1 Å². The predicted octanol–water partition coefficient (Wildman–Crippen LogP) is 1.29. The molecule has 1 amide bonds. The van der Waals surface area contributed by atoms with Gasteiger partial charge < -0.3 is 10.6 Å². The summed E-state index contributed by atoms with van der Waals surface area (Å²) in [4.78, 5) is 12.0. The molecule has 0 saturated carbocycles. The van der Waals surface area contributed by atoms with Crippen molar-refractivity contribution in [3.63, 3.8) is 0 Å². The van der Waals surface area contributed by atoms with Crippen molar-refractivity contribution >= 4 is 5.91 Å². The van der Waals surface area contributed by atoms with Gasteiger partial charge in [0, 0.05) is 18.1 Å². The van der Waals surface area contributed by atoms with Crippen LogP contribution in [0.3, 0.4) is 0 Å². The van der Waals surface area contributed by atoms with Gasteiger partial charge in [0.15, 0.2) is 0 Å². The van der Waals surface area contributed by atoms with Gasteiger partial charge in [0.25, 0.3) is 0 Å². The molecule has 2 fully saturated rings. The second-order valence-electron chi connectivity index (χ2n) is 5.43. The van der Waals surface area contributed by atoms with Gasteiger partial charge in [-0.15, -0.1) is 0 Å². The van der Waals surface area contributed by atoms with Crippen molar-refractivity contribution in [2.24, 2.45) is 11.8 Å². The molecule has 2 rings (SSSR count). The third-order valence-corrected chi connectivity index (χ3v) is 4.01. The van der Waals surface area contributed by atoms with Crippen LogP contribution in [0.1, 0.15) is 40.0 Å². The molecule has 15 heavy (non-hydrogen) atoms. The van der Waals surface area contributed by atoms with Crippen molar-refractivity contribution in [1.29, 1.82) is 0 Å². The standard InChI is InChI=1S/C12H22N2O/c1-7(2)8(3)13-12(15)10-6-9-4-5-11(10)14-9/h7-11,14H,4-6H2,1-3H3,(H,13,15). The van der Waals surface area contributed by atoms with Crippen molar-refractivity contribution in [2.75, 3.05) is 0 Å². The highest BCUT2D eigenvalue weighted by atomic mass is 16.2. The summed E-state index contributed by atoms with van der Waals surface area (Å²) in [6.45, 7) is 6.37. The fourth-order valence-electron chi connectivity index (χ4n) is 2.61. The molecule has 86 valence electrons. The third kappa shape index (κ3) is 2.17. The summed E-state index contributed by atoms with van der Waals surface area (Å²) in [6, 6.07) is 1.35. The lowest BCUT2D eigenvalue weighted by Gasteiger charge is -2.24. The monoisotopic (exact) mass is 210 g/mol. The van der Waals surface area contributed by atoms with Crippen molar-refractivity contribution < 1.29 is 4.79 Å². The van der Waals surface area contributed by atoms with E-state index in [-0.39, 0.29) is 17.9 Å². The average Bonchev–Trinajstić information content (AvgIpc) is 2.78. The van der Waals surface area contributed by atoms with E-state index in [1.54, 1.807) is 0 Å². The molecule has 0 aromatic rings. The first-order chi connectivity index (χ1) is 7.08. The molecule has 4 atom stereocenters. The van der Waals surface area contributed by atoms with E-state index < -0.39 is 0 Å². The number of carbonyl (C=O) groups excluding carboxylic acids is 1. The largest absolute Gasteiger partial charge is 0.353 e. The highest BCUT2D eigenvalue weighted by molar-refractivity contribution is 5.80. The van der Waals surface area contributed by atoms with E-state index in [1.807, 2.05) is 0 Å². The molecule has 2 heterocycles. The van der Waals surface area contributed by atoms with Gasteiger partial charge in [0.1, 0.15) is 0 Å². The first-order valence-electron chi connectivity index (χ1n) is 6.14. The predicted molar refractivity (Wildman–Crippen MR) is 60.5 cm³/mol. The molecule has 0 aromatic carbocycles. The minimum Gasteiger partial charge on any atom is -0.353 e. The Labute approximate surface area is 92.0 Å². The van der Waals surface area contributed by atoms with Crippen LogP contribution >= 0.6 is 0 Å². The zero-order chi connectivity index (χ0) is 11.0. The Morgan fingerprint density at radius 3 is 2.53 bits per heavy atom. The van der Waals surface area contributed by atoms with E-state index in [4.69, 9.17) is 0 Å². The lowest BCUT2D eigenvalue weighted by molar-refractivity contribution is -0.126. The number of fused-ring (bicyclic) bond motifs is 2. The smallest absolute Gasteiger partial charge is 0.224 e. The SMILES string of the molecule is CC(C)C(C)NC(=O)C1CC2CCC1N2. The molecule has 2 aliphatic rings. The fraction of sp³-hybridized carbons (Fsp3) is 0.917. The van der Waals surface area contributed by atoms with E-state index in [1.165, 1.54) is 12.8 Å². The highest BCUT2D eigenvalue weighted by Crippen LogP contribution is 2.33. The molecule has 2 aliphatic heterocycles. The van der Waals surface area contributed by atoms with Gasteiger partial charge >= 0.3 is 0 Å². The van der Waals surface area contributed by atoms with Crippen LogP contribution in [0.2, 0.25) is 0 Å². The summed E-state index contributed by atoms with van der Waals surface area (Å²) < 4.78 is 0. The van der Waals surface area contributed by atoms with Crippen molar-refractivity contribution in [3.8, 4) is 0 Å². The number of hydrogen-bond acceptors (Lipinski definition) is 2. The summed E-state index contributed by atoms with van der Waals surface area (Å²) in [5, 5.41) is 6.63. The van der Waals surface area contributed by atoms with Gasteiger partial charge in [-0.2, -0.15) is 0 Å². The van der Waals surface area contributed by atoms with E-state index in [9.17, 15) is 4.79 Å². The van der Waals surface area contributed by atoms with Crippen molar-refractivity contribution in [1.82, 2.24) is 10.6 Å². The van der Waals surface area contributed by atoms with E-state index in [0.29, 0.717) is 18.0 Å². The summed E-state index contributed by atoms with van der Waals surface area (Å²) in [5.74, 6) is 1.00. The van der Waals surface area contributed by atoms with Crippen molar-refractivity contribution in [3.05, 3.63) is 0 Å². The van der Waals surface area contributed by atoms with Crippen LogP contribution in [0.4, 0.5) is 0 Å². The number of amides is 1. The fourth-order valence-corrected chi connectivity index (χ4v) is 2.61. The van der Waals surface area contributed by atoms with Crippen LogP contribution in [0.5, 0.6) is 0 Å². The molecule has 2 bridgehead atoms. The second kappa shape index (κ2) is 4.12. The first kappa shape index (κ1) is 10.9. The van der Waals surface area contributed by atoms with E-state index >= 15 is 0 Å². The highest BCUT2D eigenvalue weighted by Gasteiger charge is 2.42. The van der Waals surface area contributed by atoms with Crippen LogP contribution in [0, 0.1) is 11.8 Å². The normalized spacial score (nSPS) is 35.9. The minimum absolute atomic E-state index is 0.227. The molecular weight excluding hydrogens is 188 g/mol.